The maximum Gasteiger partial charge on any atom is 0.0848 e. The van der Waals surface area contributed by atoms with Gasteiger partial charge in [0.1, 0.15) is 0 Å². The average Bonchev–Trinajstić information content (AvgIpc) is 3.06. The van der Waals surface area contributed by atoms with Gasteiger partial charge < -0.3 is 10.3 Å². The van der Waals surface area contributed by atoms with Crippen molar-refractivity contribution >= 4 is 21.7 Å². The second kappa shape index (κ2) is 5.72. The lowest BCUT2D eigenvalue weighted by Crippen LogP contribution is -2.48. The molecule has 5 rings (SSSR count). The van der Waals surface area contributed by atoms with Gasteiger partial charge >= 0.3 is 0 Å². The maximum atomic E-state index is 3.89. The first-order valence-electron chi connectivity index (χ1n) is 9.58. The van der Waals surface area contributed by atoms with E-state index in [2.05, 4.69) is 84.8 Å². The molecular formula is C24H24N2. The summed E-state index contributed by atoms with van der Waals surface area (Å²) in [6, 6.07) is 22.2. The highest BCUT2D eigenvalue weighted by atomic mass is 15.0. The molecule has 0 spiro atoms. The van der Waals surface area contributed by atoms with Crippen molar-refractivity contribution in [1.29, 1.82) is 0 Å². The highest BCUT2D eigenvalue weighted by Crippen LogP contribution is 2.42. The lowest BCUT2D eigenvalue weighted by atomic mass is 9.77. The van der Waals surface area contributed by atoms with Gasteiger partial charge in [-0.2, -0.15) is 0 Å². The van der Waals surface area contributed by atoms with Gasteiger partial charge in [-0.15, -0.1) is 0 Å². The van der Waals surface area contributed by atoms with Crippen molar-refractivity contribution in [3.63, 3.8) is 0 Å². The molecule has 130 valence electrons. The van der Waals surface area contributed by atoms with Crippen LogP contribution in [0.5, 0.6) is 0 Å². The van der Waals surface area contributed by atoms with Gasteiger partial charge in [-0.05, 0) is 53.8 Å². The van der Waals surface area contributed by atoms with Crippen LogP contribution in [0.1, 0.15) is 35.7 Å². The largest absolute Gasteiger partial charge is 0.356 e. The van der Waals surface area contributed by atoms with Crippen LogP contribution < -0.4 is 5.32 Å². The predicted molar refractivity (Wildman–Crippen MR) is 110 cm³/mol. The summed E-state index contributed by atoms with van der Waals surface area (Å²) in [7, 11) is 0. The molecule has 1 aromatic heterocycles. The number of aromatic nitrogens is 1. The summed E-state index contributed by atoms with van der Waals surface area (Å²) in [5.41, 5.74) is 6.62. The van der Waals surface area contributed by atoms with Crippen LogP contribution in [0, 0.1) is 6.92 Å². The molecule has 0 saturated carbocycles. The molecule has 1 unspecified atom stereocenters. The van der Waals surface area contributed by atoms with Gasteiger partial charge in [0.15, 0.2) is 0 Å². The molecular weight excluding hydrogens is 316 g/mol. The van der Waals surface area contributed by atoms with E-state index < -0.39 is 0 Å². The van der Waals surface area contributed by atoms with Crippen LogP contribution in [-0.2, 0) is 12.0 Å². The summed E-state index contributed by atoms with van der Waals surface area (Å²) in [5.74, 6) is 0. The zero-order chi connectivity index (χ0) is 17.7. The van der Waals surface area contributed by atoms with Crippen LogP contribution in [0.3, 0.4) is 0 Å². The summed E-state index contributed by atoms with van der Waals surface area (Å²) in [5, 5.41) is 7.92. The van der Waals surface area contributed by atoms with E-state index in [4.69, 9.17) is 0 Å². The van der Waals surface area contributed by atoms with Crippen LogP contribution in [0.15, 0.2) is 60.7 Å². The third-order valence-corrected chi connectivity index (χ3v) is 6.07. The molecule has 2 N–H and O–H groups in total. The summed E-state index contributed by atoms with van der Waals surface area (Å²) in [4.78, 5) is 3.79. The highest BCUT2D eigenvalue weighted by molar-refractivity contribution is 5.90. The standard InChI is InChI=1S/C24H24N2/c1-3-24(21-10-6-8-17-7-4-5-9-18(17)21)23-19(13-14-25-24)20-15-16(2)11-12-22(20)26-23/h4-12,15,25-26H,3,13-14H2,1-2H3. The van der Waals surface area contributed by atoms with E-state index >= 15 is 0 Å². The summed E-state index contributed by atoms with van der Waals surface area (Å²) >= 11 is 0. The van der Waals surface area contributed by atoms with E-state index in [1.165, 1.54) is 44.1 Å². The van der Waals surface area contributed by atoms with Gasteiger partial charge in [0.05, 0.1) is 5.54 Å². The molecule has 0 bridgehead atoms. The fourth-order valence-electron chi connectivity index (χ4n) is 4.79. The normalized spacial score (nSPS) is 19.8. The number of hydrogen-bond donors (Lipinski definition) is 2. The van der Waals surface area contributed by atoms with Crippen LogP contribution in [0.4, 0.5) is 0 Å². The first kappa shape index (κ1) is 15.7. The van der Waals surface area contributed by atoms with Gasteiger partial charge in [-0.1, -0.05) is 61.0 Å². The zero-order valence-corrected chi connectivity index (χ0v) is 15.4. The quantitative estimate of drug-likeness (QED) is 0.500. The van der Waals surface area contributed by atoms with E-state index in [0.29, 0.717) is 0 Å². The Bertz CT molecular complexity index is 1120. The Kier molecular flexibility index (Phi) is 3.44. The number of aromatic amines is 1. The lowest BCUT2D eigenvalue weighted by Gasteiger charge is -2.39. The maximum absolute atomic E-state index is 3.89. The number of aryl methyl sites for hydroxylation is 1. The van der Waals surface area contributed by atoms with Gasteiger partial charge in [0.25, 0.3) is 0 Å². The monoisotopic (exact) mass is 340 g/mol. The molecule has 2 heteroatoms. The van der Waals surface area contributed by atoms with Crippen LogP contribution in [0.25, 0.3) is 21.7 Å². The summed E-state index contributed by atoms with van der Waals surface area (Å²) in [6.45, 7) is 5.48. The second-order valence-corrected chi connectivity index (χ2v) is 7.49. The summed E-state index contributed by atoms with van der Waals surface area (Å²) < 4.78 is 0. The minimum atomic E-state index is -0.165. The third kappa shape index (κ3) is 2.09. The van der Waals surface area contributed by atoms with Crippen LogP contribution >= 0.6 is 0 Å². The molecule has 1 atom stereocenters. The Morgan fingerprint density at radius 1 is 0.962 bits per heavy atom. The smallest absolute Gasteiger partial charge is 0.0848 e. The SMILES string of the molecule is CCC1(c2cccc3ccccc23)NCCc2c1[nH]c1ccc(C)cc21. The van der Waals surface area contributed by atoms with Gasteiger partial charge in [0.2, 0.25) is 0 Å². The van der Waals surface area contributed by atoms with Crippen LogP contribution in [0.2, 0.25) is 0 Å². The zero-order valence-electron chi connectivity index (χ0n) is 15.4. The van der Waals surface area contributed by atoms with Crippen LogP contribution in [-0.4, -0.2) is 11.5 Å². The Hall–Kier alpha value is -2.58. The molecule has 2 nitrogen and oxygen atoms in total. The molecule has 26 heavy (non-hydrogen) atoms. The van der Waals surface area contributed by atoms with E-state index in [0.717, 1.165) is 19.4 Å². The van der Waals surface area contributed by atoms with Gasteiger partial charge in [-0.3, -0.25) is 0 Å². The molecule has 0 fully saturated rings. The van der Waals surface area contributed by atoms with Gasteiger partial charge in [0, 0.05) is 23.1 Å². The number of hydrogen-bond acceptors (Lipinski definition) is 1. The first-order valence-corrected chi connectivity index (χ1v) is 9.58. The molecule has 1 aliphatic rings. The van der Waals surface area contributed by atoms with Crippen molar-refractivity contribution in [2.75, 3.05) is 6.54 Å². The molecule has 4 aromatic rings. The Morgan fingerprint density at radius 3 is 2.69 bits per heavy atom. The van der Waals surface area contributed by atoms with Crippen molar-refractivity contribution < 1.29 is 0 Å². The Balaban J connectivity index is 1.84. The fraction of sp³-hybridized carbons (Fsp3) is 0.250. The van der Waals surface area contributed by atoms with E-state index in [9.17, 15) is 0 Å². The number of benzene rings is 3. The Labute approximate surface area is 154 Å². The highest BCUT2D eigenvalue weighted by Gasteiger charge is 2.39. The van der Waals surface area contributed by atoms with Gasteiger partial charge in [-0.25, -0.2) is 0 Å². The number of nitrogens with one attached hydrogen (secondary N) is 2. The molecule has 0 radical (unpaired) electrons. The number of rotatable bonds is 2. The van der Waals surface area contributed by atoms with Crippen molar-refractivity contribution in [2.24, 2.45) is 0 Å². The number of fused-ring (bicyclic) bond motifs is 4. The van der Waals surface area contributed by atoms with E-state index in [1.54, 1.807) is 0 Å². The molecule has 0 aliphatic carbocycles. The third-order valence-electron chi connectivity index (χ3n) is 6.07. The summed E-state index contributed by atoms with van der Waals surface area (Å²) in [6.07, 6.45) is 2.09. The fourth-order valence-corrected chi connectivity index (χ4v) is 4.79. The van der Waals surface area contributed by atoms with Crippen molar-refractivity contribution in [3.05, 3.63) is 83.0 Å². The molecule has 0 saturated heterocycles. The molecule has 0 amide bonds. The van der Waals surface area contributed by atoms with E-state index in [1.807, 2.05) is 0 Å². The lowest BCUT2D eigenvalue weighted by molar-refractivity contribution is 0.363. The van der Waals surface area contributed by atoms with Crippen molar-refractivity contribution in [2.45, 2.75) is 32.2 Å². The molecule has 3 aromatic carbocycles. The van der Waals surface area contributed by atoms with Crippen molar-refractivity contribution in [3.8, 4) is 0 Å². The molecule has 1 aliphatic heterocycles. The minimum Gasteiger partial charge on any atom is -0.356 e. The number of H-pyrrole nitrogens is 1. The Morgan fingerprint density at radius 2 is 1.81 bits per heavy atom. The second-order valence-electron chi connectivity index (χ2n) is 7.49. The minimum absolute atomic E-state index is 0.165. The first-order chi connectivity index (χ1) is 12.7. The van der Waals surface area contributed by atoms with E-state index in [-0.39, 0.29) is 5.54 Å². The molecule has 2 heterocycles. The topological polar surface area (TPSA) is 27.8 Å². The van der Waals surface area contributed by atoms with Crippen molar-refractivity contribution in [1.82, 2.24) is 10.3 Å². The predicted octanol–water partition coefficient (Wildman–Crippen LogP) is 5.43. The average molecular weight is 340 g/mol.